The average molecular weight is 297 g/mol. The van der Waals surface area contributed by atoms with Crippen LogP contribution in [0.5, 0.6) is 0 Å². The molecule has 1 aliphatic rings. The first kappa shape index (κ1) is 14.7. The van der Waals surface area contributed by atoms with E-state index >= 15 is 0 Å². The van der Waals surface area contributed by atoms with E-state index in [-0.39, 0.29) is 6.04 Å². The summed E-state index contributed by atoms with van der Waals surface area (Å²) >= 11 is 12.0. The third-order valence-electron chi connectivity index (χ3n) is 3.86. The number of benzene rings is 1. The van der Waals surface area contributed by atoms with Crippen LogP contribution in [0.3, 0.4) is 0 Å². The number of piperidine rings is 1. The van der Waals surface area contributed by atoms with E-state index < -0.39 is 0 Å². The van der Waals surface area contributed by atoms with Crippen molar-refractivity contribution in [1.82, 2.24) is 4.90 Å². The van der Waals surface area contributed by atoms with Gasteiger partial charge in [0, 0.05) is 12.6 Å². The number of nitrogens with zero attached hydrogens (tertiary/aromatic N) is 2. The molecule has 1 aromatic carbocycles. The third kappa shape index (κ3) is 3.23. The first-order valence-corrected chi connectivity index (χ1v) is 7.53. The molecule has 0 aliphatic carbocycles. The standard InChI is InChI=1S/C15H18Cl2N2/c1-2-12-5-3-4-8-19(12)15(10-18)11-6-7-13(16)14(17)9-11/h6-7,9,12,15H,2-5,8H2,1H3. The molecular formula is C15H18Cl2N2. The van der Waals surface area contributed by atoms with Gasteiger partial charge in [0.25, 0.3) is 0 Å². The molecule has 0 N–H and O–H groups in total. The summed E-state index contributed by atoms with van der Waals surface area (Å²) in [6.45, 7) is 3.17. The summed E-state index contributed by atoms with van der Waals surface area (Å²) in [6.07, 6.45) is 4.68. The van der Waals surface area contributed by atoms with Crippen LogP contribution in [-0.2, 0) is 0 Å². The maximum Gasteiger partial charge on any atom is 0.124 e. The van der Waals surface area contributed by atoms with Crippen LogP contribution in [0.4, 0.5) is 0 Å². The van der Waals surface area contributed by atoms with Gasteiger partial charge in [0.1, 0.15) is 6.04 Å². The van der Waals surface area contributed by atoms with Crippen LogP contribution in [0.2, 0.25) is 10.0 Å². The van der Waals surface area contributed by atoms with E-state index in [0.29, 0.717) is 16.1 Å². The molecule has 4 heteroatoms. The highest BCUT2D eigenvalue weighted by atomic mass is 35.5. The van der Waals surface area contributed by atoms with Crippen molar-refractivity contribution >= 4 is 23.2 Å². The molecule has 0 spiro atoms. The molecular weight excluding hydrogens is 279 g/mol. The van der Waals surface area contributed by atoms with E-state index in [0.717, 1.165) is 24.9 Å². The van der Waals surface area contributed by atoms with E-state index in [1.807, 2.05) is 12.1 Å². The molecule has 0 aromatic heterocycles. The Morgan fingerprint density at radius 3 is 2.79 bits per heavy atom. The minimum absolute atomic E-state index is 0.222. The largest absolute Gasteiger partial charge is 0.281 e. The molecule has 2 rings (SSSR count). The summed E-state index contributed by atoms with van der Waals surface area (Å²) in [5.74, 6) is 0. The normalized spacial score (nSPS) is 21.9. The molecule has 1 heterocycles. The van der Waals surface area contributed by atoms with E-state index in [4.69, 9.17) is 23.2 Å². The Morgan fingerprint density at radius 1 is 1.37 bits per heavy atom. The molecule has 1 saturated heterocycles. The summed E-state index contributed by atoms with van der Waals surface area (Å²) in [7, 11) is 0. The van der Waals surface area contributed by atoms with Crippen molar-refractivity contribution in [3.8, 4) is 6.07 Å². The fourth-order valence-electron chi connectivity index (χ4n) is 2.82. The zero-order chi connectivity index (χ0) is 13.8. The van der Waals surface area contributed by atoms with Gasteiger partial charge in [-0.2, -0.15) is 5.26 Å². The maximum absolute atomic E-state index is 9.54. The fourth-order valence-corrected chi connectivity index (χ4v) is 3.13. The molecule has 0 radical (unpaired) electrons. The predicted octanol–water partition coefficient (Wildman–Crippen LogP) is 4.82. The van der Waals surface area contributed by atoms with Gasteiger partial charge in [-0.3, -0.25) is 4.90 Å². The Hall–Kier alpha value is -0.750. The molecule has 0 saturated carbocycles. The van der Waals surface area contributed by atoms with E-state index in [1.54, 1.807) is 6.07 Å². The molecule has 1 aromatic rings. The Kier molecular flexibility index (Phi) is 5.10. The van der Waals surface area contributed by atoms with Gasteiger partial charge in [-0.05, 0) is 37.0 Å². The van der Waals surface area contributed by atoms with Crippen LogP contribution in [0.15, 0.2) is 18.2 Å². The summed E-state index contributed by atoms with van der Waals surface area (Å²) in [6, 6.07) is 8.19. The second-order valence-electron chi connectivity index (χ2n) is 5.00. The summed E-state index contributed by atoms with van der Waals surface area (Å²) < 4.78 is 0. The monoisotopic (exact) mass is 296 g/mol. The highest BCUT2D eigenvalue weighted by molar-refractivity contribution is 6.42. The van der Waals surface area contributed by atoms with Crippen molar-refractivity contribution in [3.63, 3.8) is 0 Å². The minimum Gasteiger partial charge on any atom is -0.281 e. The molecule has 2 nitrogen and oxygen atoms in total. The van der Waals surface area contributed by atoms with Gasteiger partial charge in [0.2, 0.25) is 0 Å². The fraction of sp³-hybridized carbons (Fsp3) is 0.533. The Morgan fingerprint density at radius 2 is 2.16 bits per heavy atom. The van der Waals surface area contributed by atoms with E-state index in [1.165, 1.54) is 12.8 Å². The molecule has 0 bridgehead atoms. The first-order valence-electron chi connectivity index (χ1n) is 6.77. The van der Waals surface area contributed by atoms with Gasteiger partial charge >= 0.3 is 0 Å². The maximum atomic E-state index is 9.54. The predicted molar refractivity (Wildman–Crippen MR) is 79.5 cm³/mol. The molecule has 1 fully saturated rings. The Bertz CT molecular complexity index is 482. The SMILES string of the molecule is CCC1CCCCN1C(C#N)c1ccc(Cl)c(Cl)c1. The molecule has 19 heavy (non-hydrogen) atoms. The van der Waals surface area contributed by atoms with E-state index in [2.05, 4.69) is 17.9 Å². The molecule has 1 aliphatic heterocycles. The molecule has 2 atom stereocenters. The quantitative estimate of drug-likeness (QED) is 0.799. The van der Waals surface area contributed by atoms with Gasteiger partial charge in [-0.15, -0.1) is 0 Å². The lowest BCUT2D eigenvalue weighted by Gasteiger charge is -2.38. The summed E-state index contributed by atoms with van der Waals surface area (Å²) in [5.41, 5.74) is 0.942. The van der Waals surface area contributed by atoms with Gasteiger partial charge in [-0.1, -0.05) is 42.6 Å². The zero-order valence-corrected chi connectivity index (χ0v) is 12.6. The number of hydrogen-bond acceptors (Lipinski definition) is 2. The molecule has 0 amide bonds. The van der Waals surface area contributed by atoms with Crippen molar-refractivity contribution in [1.29, 1.82) is 5.26 Å². The lowest BCUT2D eigenvalue weighted by molar-refractivity contribution is 0.117. The van der Waals surface area contributed by atoms with Crippen molar-refractivity contribution in [2.75, 3.05) is 6.54 Å². The average Bonchev–Trinajstić information content (AvgIpc) is 2.44. The van der Waals surface area contributed by atoms with Crippen LogP contribution in [0.25, 0.3) is 0 Å². The highest BCUT2D eigenvalue weighted by Gasteiger charge is 2.28. The number of likely N-dealkylation sites (tertiary alicyclic amines) is 1. The minimum atomic E-state index is -0.222. The Balaban J connectivity index is 2.28. The van der Waals surface area contributed by atoms with E-state index in [9.17, 15) is 5.26 Å². The highest BCUT2D eigenvalue weighted by Crippen LogP contribution is 2.32. The first-order chi connectivity index (χ1) is 9.17. The number of rotatable bonds is 3. The zero-order valence-electron chi connectivity index (χ0n) is 11.1. The second kappa shape index (κ2) is 6.61. The van der Waals surface area contributed by atoms with Crippen LogP contribution >= 0.6 is 23.2 Å². The summed E-state index contributed by atoms with van der Waals surface area (Å²) in [5, 5.41) is 10.6. The van der Waals surface area contributed by atoms with Crippen LogP contribution in [0, 0.1) is 11.3 Å². The van der Waals surface area contributed by atoms with Crippen LogP contribution in [0.1, 0.15) is 44.2 Å². The smallest absolute Gasteiger partial charge is 0.124 e. The van der Waals surface area contributed by atoms with Crippen LogP contribution in [-0.4, -0.2) is 17.5 Å². The van der Waals surface area contributed by atoms with Crippen LogP contribution < -0.4 is 0 Å². The topological polar surface area (TPSA) is 27.0 Å². The third-order valence-corrected chi connectivity index (χ3v) is 4.60. The lowest BCUT2D eigenvalue weighted by Crippen LogP contribution is -2.41. The molecule has 102 valence electrons. The van der Waals surface area contributed by atoms with Gasteiger partial charge in [0.15, 0.2) is 0 Å². The van der Waals surface area contributed by atoms with Crippen molar-refractivity contribution in [2.24, 2.45) is 0 Å². The number of hydrogen-bond donors (Lipinski definition) is 0. The molecule has 2 unspecified atom stereocenters. The number of halogens is 2. The van der Waals surface area contributed by atoms with Gasteiger partial charge < -0.3 is 0 Å². The summed E-state index contributed by atoms with van der Waals surface area (Å²) in [4.78, 5) is 2.31. The number of nitriles is 1. The van der Waals surface area contributed by atoms with Crippen molar-refractivity contribution in [2.45, 2.75) is 44.7 Å². The Labute approximate surface area is 124 Å². The van der Waals surface area contributed by atoms with Crippen molar-refractivity contribution in [3.05, 3.63) is 33.8 Å². The second-order valence-corrected chi connectivity index (χ2v) is 5.82. The van der Waals surface area contributed by atoms with Gasteiger partial charge in [0.05, 0.1) is 16.1 Å². The lowest BCUT2D eigenvalue weighted by atomic mass is 9.95. The van der Waals surface area contributed by atoms with Crippen molar-refractivity contribution < 1.29 is 0 Å². The van der Waals surface area contributed by atoms with Gasteiger partial charge in [-0.25, -0.2) is 0 Å².